The summed E-state index contributed by atoms with van der Waals surface area (Å²) in [5, 5.41) is 5.38. The van der Waals surface area contributed by atoms with E-state index in [0.29, 0.717) is 11.6 Å². The van der Waals surface area contributed by atoms with Crippen LogP contribution in [0.1, 0.15) is 0 Å². The molecule has 0 aliphatic rings. The van der Waals surface area contributed by atoms with Gasteiger partial charge in [0.1, 0.15) is 15.9 Å². The second-order valence-electron chi connectivity index (χ2n) is 9.98. The SMILES string of the molecule is c1ccc(-c2ncc3c4ccccc4c4cnc(-c5ccc6cc7sc8ccccc8n7c6c5)nc4c3n2)cc1. The van der Waals surface area contributed by atoms with Crippen LogP contribution in [0.25, 0.3) is 81.3 Å². The number of fused-ring (bicyclic) bond motifs is 11. The molecule has 9 aromatic rings. The van der Waals surface area contributed by atoms with E-state index in [1.165, 1.54) is 20.4 Å². The van der Waals surface area contributed by atoms with Gasteiger partial charge in [-0.1, -0.05) is 78.9 Å². The minimum Gasteiger partial charge on any atom is -0.300 e. The molecule has 0 saturated heterocycles. The molecule has 40 heavy (non-hydrogen) atoms. The Morgan fingerprint density at radius 3 is 1.93 bits per heavy atom. The minimum absolute atomic E-state index is 0.681. The Morgan fingerprint density at radius 2 is 1.18 bits per heavy atom. The highest BCUT2D eigenvalue weighted by Crippen LogP contribution is 2.36. The van der Waals surface area contributed by atoms with E-state index in [4.69, 9.17) is 19.9 Å². The molecule has 5 aromatic carbocycles. The summed E-state index contributed by atoms with van der Waals surface area (Å²) in [6, 6.07) is 35.7. The number of rotatable bonds is 2. The van der Waals surface area contributed by atoms with Gasteiger partial charge in [0.25, 0.3) is 0 Å². The van der Waals surface area contributed by atoms with Crippen LogP contribution in [0.5, 0.6) is 0 Å². The van der Waals surface area contributed by atoms with Gasteiger partial charge >= 0.3 is 0 Å². The van der Waals surface area contributed by atoms with Crippen LogP contribution in [-0.4, -0.2) is 24.3 Å². The molecule has 0 spiro atoms. The first-order valence-electron chi connectivity index (χ1n) is 13.1. The van der Waals surface area contributed by atoms with Gasteiger partial charge in [-0.15, -0.1) is 11.3 Å². The first kappa shape index (κ1) is 21.7. The fraction of sp³-hybridized carbons (Fsp3) is 0. The maximum absolute atomic E-state index is 5.17. The van der Waals surface area contributed by atoms with E-state index >= 15 is 0 Å². The third-order valence-electron chi connectivity index (χ3n) is 7.69. The molecular formula is C34H19N5S. The standard InChI is InChI=1S/C34H19N5S/c1-2-8-20(9-3-1)33-35-18-25-23-10-4-5-11-24(23)26-19-36-34(38-32(26)31(25)37-33)22-15-14-21-17-30-39(28(21)16-22)27-12-6-7-13-29(27)40-30/h1-19H. The highest BCUT2D eigenvalue weighted by molar-refractivity contribution is 7.24. The molecule has 0 unspecified atom stereocenters. The fourth-order valence-electron chi connectivity index (χ4n) is 5.82. The van der Waals surface area contributed by atoms with Crippen LogP contribution in [0.4, 0.5) is 0 Å². The molecule has 4 aromatic heterocycles. The van der Waals surface area contributed by atoms with E-state index in [0.717, 1.165) is 49.2 Å². The van der Waals surface area contributed by atoms with Crippen molar-refractivity contribution in [2.75, 3.05) is 0 Å². The van der Waals surface area contributed by atoms with E-state index in [-0.39, 0.29) is 0 Å². The average molecular weight is 530 g/mol. The van der Waals surface area contributed by atoms with Crippen molar-refractivity contribution < 1.29 is 0 Å². The molecule has 0 aliphatic carbocycles. The molecule has 0 aliphatic heterocycles. The van der Waals surface area contributed by atoms with Gasteiger partial charge in [0.15, 0.2) is 11.6 Å². The van der Waals surface area contributed by atoms with Crippen molar-refractivity contribution >= 4 is 69.9 Å². The topological polar surface area (TPSA) is 56.0 Å². The molecule has 0 atom stereocenters. The normalized spacial score (nSPS) is 12.0. The fourth-order valence-corrected chi connectivity index (χ4v) is 6.93. The van der Waals surface area contributed by atoms with Crippen molar-refractivity contribution in [2.45, 2.75) is 0 Å². The summed E-state index contributed by atoms with van der Waals surface area (Å²) in [7, 11) is 0. The quantitative estimate of drug-likeness (QED) is 0.210. The summed E-state index contributed by atoms with van der Waals surface area (Å²) in [4.78, 5) is 21.1. The van der Waals surface area contributed by atoms with Gasteiger partial charge in [-0.3, -0.25) is 4.40 Å². The molecular weight excluding hydrogens is 510 g/mol. The maximum Gasteiger partial charge on any atom is 0.159 e. The van der Waals surface area contributed by atoms with Gasteiger partial charge in [-0.25, -0.2) is 19.9 Å². The maximum atomic E-state index is 5.17. The van der Waals surface area contributed by atoms with Crippen LogP contribution in [0.3, 0.4) is 0 Å². The van der Waals surface area contributed by atoms with Gasteiger partial charge in [-0.2, -0.15) is 0 Å². The molecule has 0 amide bonds. The zero-order valence-electron chi connectivity index (χ0n) is 21.1. The van der Waals surface area contributed by atoms with Gasteiger partial charge < -0.3 is 0 Å². The van der Waals surface area contributed by atoms with Crippen molar-refractivity contribution in [3.63, 3.8) is 0 Å². The zero-order chi connectivity index (χ0) is 26.2. The Kier molecular flexibility index (Phi) is 4.42. The molecule has 9 rings (SSSR count). The van der Waals surface area contributed by atoms with Crippen LogP contribution in [0.2, 0.25) is 0 Å². The second-order valence-corrected chi connectivity index (χ2v) is 11.0. The van der Waals surface area contributed by atoms with Crippen molar-refractivity contribution in [1.29, 1.82) is 0 Å². The van der Waals surface area contributed by atoms with Crippen LogP contribution in [0.15, 0.2) is 116 Å². The summed E-state index contributed by atoms with van der Waals surface area (Å²) in [5.74, 6) is 1.37. The van der Waals surface area contributed by atoms with Crippen LogP contribution >= 0.6 is 11.3 Å². The van der Waals surface area contributed by atoms with E-state index in [2.05, 4.69) is 77.2 Å². The average Bonchev–Trinajstić information content (AvgIpc) is 3.57. The first-order valence-corrected chi connectivity index (χ1v) is 14.0. The van der Waals surface area contributed by atoms with Crippen molar-refractivity contribution in [2.24, 2.45) is 0 Å². The predicted octanol–water partition coefficient (Wildman–Crippen LogP) is 8.68. The largest absolute Gasteiger partial charge is 0.300 e. The Labute approximate surface area is 232 Å². The summed E-state index contributed by atoms with van der Waals surface area (Å²) in [6.07, 6.45) is 3.88. The monoisotopic (exact) mass is 529 g/mol. The smallest absolute Gasteiger partial charge is 0.159 e. The molecule has 5 nitrogen and oxygen atoms in total. The highest BCUT2D eigenvalue weighted by Gasteiger charge is 2.16. The van der Waals surface area contributed by atoms with E-state index in [1.807, 2.05) is 54.1 Å². The van der Waals surface area contributed by atoms with Crippen LogP contribution in [-0.2, 0) is 0 Å². The molecule has 0 bridgehead atoms. The Balaban J connectivity index is 1.32. The Bertz CT molecular complexity index is 2440. The van der Waals surface area contributed by atoms with E-state index < -0.39 is 0 Å². The lowest BCUT2D eigenvalue weighted by molar-refractivity contribution is 1.21. The third kappa shape index (κ3) is 3.08. The molecule has 6 heteroatoms. The lowest BCUT2D eigenvalue weighted by Gasteiger charge is -2.11. The number of nitrogens with zero attached hydrogens (tertiary/aromatic N) is 5. The number of para-hydroxylation sites is 1. The lowest BCUT2D eigenvalue weighted by atomic mass is 10.0. The summed E-state index contributed by atoms with van der Waals surface area (Å²) in [5.41, 5.74) is 6.00. The highest BCUT2D eigenvalue weighted by atomic mass is 32.1. The molecule has 4 heterocycles. The minimum atomic E-state index is 0.681. The Morgan fingerprint density at radius 1 is 0.525 bits per heavy atom. The third-order valence-corrected chi connectivity index (χ3v) is 8.77. The summed E-state index contributed by atoms with van der Waals surface area (Å²) >= 11 is 1.81. The number of benzene rings is 5. The van der Waals surface area contributed by atoms with Gasteiger partial charge in [0.05, 0.1) is 15.7 Å². The van der Waals surface area contributed by atoms with E-state index in [9.17, 15) is 0 Å². The molecule has 0 radical (unpaired) electrons. The molecule has 186 valence electrons. The second kappa shape index (κ2) is 8.15. The Hall–Kier alpha value is -5.20. The summed E-state index contributed by atoms with van der Waals surface area (Å²) < 4.78 is 3.61. The first-order chi connectivity index (χ1) is 19.8. The molecule has 0 N–H and O–H groups in total. The van der Waals surface area contributed by atoms with Crippen molar-refractivity contribution in [3.8, 4) is 22.8 Å². The predicted molar refractivity (Wildman–Crippen MR) is 165 cm³/mol. The lowest BCUT2D eigenvalue weighted by Crippen LogP contribution is -1.96. The number of thiazole rings is 1. The van der Waals surface area contributed by atoms with Crippen LogP contribution in [0, 0.1) is 0 Å². The van der Waals surface area contributed by atoms with Gasteiger partial charge in [0.2, 0.25) is 0 Å². The number of aromatic nitrogens is 5. The van der Waals surface area contributed by atoms with Gasteiger partial charge in [0, 0.05) is 39.7 Å². The van der Waals surface area contributed by atoms with E-state index in [1.54, 1.807) is 0 Å². The number of hydrogen-bond acceptors (Lipinski definition) is 5. The molecule has 0 saturated carbocycles. The van der Waals surface area contributed by atoms with Gasteiger partial charge in [-0.05, 0) is 35.0 Å². The molecule has 0 fully saturated rings. The zero-order valence-corrected chi connectivity index (χ0v) is 21.9. The number of hydrogen-bond donors (Lipinski definition) is 0. The summed E-state index contributed by atoms with van der Waals surface area (Å²) in [6.45, 7) is 0. The van der Waals surface area contributed by atoms with Crippen molar-refractivity contribution in [3.05, 3.63) is 116 Å². The van der Waals surface area contributed by atoms with Crippen molar-refractivity contribution in [1.82, 2.24) is 24.3 Å². The van der Waals surface area contributed by atoms with Crippen LogP contribution < -0.4 is 0 Å².